The molecule has 0 aromatic carbocycles. The minimum atomic E-state index is -0.216. The Kier molecular flexibility index (Phi) is 5.76. The zero-order valence-corrected chi connectivity index (χ0v) is 7.95. The van der Waals surface area contributed by atoms with Crippen LogP contribution in [0.15, 0.2) is 11.6 Å². The minimum absolute atomic E-state index is 0. The Hall–Kier alpha value is -0.540. The number of esters is 1. The summed E-state index contributed by atoms with van der Waals surface area (Å²) in [7, 11) is 0. The minimum Gasteiger partial charge on any atom is -0.463 e. The van der Waals surface area contributed by atoms with Crippen LogP contribution in [0.2, 0.25) is 0 Å². The summed E-state index contributed by atoms with van der Waals surface area (Å²) in [4.78, 5) is 10.9. The molecule has 0 radical (unpaired) electrons. The van der Waals surface area contributed by atoms with E-state index in [9.17, 15) is 4.79 Å². The van der Waals surface area contributed by atoms with Gasteiger partial charge in [0.15, 0.2) is 0 Å². The van der Waals surface area contributed by atoms with Crippen molar-refractivity contribution in [1.82, 2.24) is 5.32 Å². The molecule has 70 valence electrons. The Balaban J connectivity index is 0.00000121. The van der Waals surface area contributed by atoms with Gasteiger partial charge in [-0.3, -0.25) is 0 Å². The van der Waals surface area contributed by atoms with Gasteiger partial charge in [0.2, 0.25) is 0 Å². The molecular formula is C8H14ClNO2. The molecule has 0 unspecified atom stereocenters. The second kappa shape index (κ2) is 6.03. The van der Waals surface area contributed by atoms with Gasteiger partial charge in [-0.15, -0.1) is 12.4 Å². The van der Waals surface area contributed by atoms with Gasteiger partial charge in [-0.05, 0) is 25.5 Å². The standard InChI is InChI=1S/C8H13NO2.ClH/c1-2-11-8(10)5-7-3-4-9-6-7;/h5,9H,2-4,6H2,1H3;1H/b7-5+;. The monoisotopic (exact) mass is 191 g/mol. The average molecular weight is 192 g/mol. The molecule has 0 bridgehead atoms. The maximum atomic E-state index is 10.9. The maximum absolute atomic E-state index is 10.9. The second-order valence-electron chi connectivity index (χ2n) is 2.48. The van der Waals surface area contributed by atoms with Crippen LogP contribution in [0, 0.1) is 0 Å². The van der Waals surface area contributed by atoms with Gasteiger partial charge < -0.3 is 10.1 Å². The first-order chi connectivity index (χ1) is 5.33. The smallest absolute Gasteiger partial charge is 0.330 e. The van der Waals surface area contributed by atoms with Crippen LogP contribution in [0.25, 0.3) is 0 Å². The third-order valence-corrected chi connectivity index (χ3v) is 1.58. The third-order valence-electron chi connectivity index (χ3n) is 1.58. The van der Waals surface area contributed by atoms with Gasteiger partial charge in [0.05, 0.1) is 6.61 Å². The van der Waals surface area contributed by atoms with Crippen molar-refractivity contribution in [2.45, 2.75) is 13.3 Å². The van der Waals surface area contributed by atoms with Crippen molar-refractivity contribution in [3.05, 3.63) is 11.6 Å². The summed E-state index contributed by atoms with van der Waals surface area (Å²) in [5.41, 5.74) is 1.14. The van der Waals surface area contributed by atoms with E-state index in [-0.39, 0.29) is 18.4 Å². The van der Waals surface area contributed by atoms with Crippen LogP contribution < -0.4 is 5.32 Å². The lowest BCUT2D eigenvalue weighted by molar-refractivity contribution is -0.137. The topological polar surface area (TPSA) is 38.3 Å². The quantitative estimate of drug-likeness (QED) is 0.521. The van der Waals surface area contributed by atoms with Crippen molar-refractivity contribution >= 4 is 18.4 Å². The lowest BCUT2D eigenvalue weighted by Crippen LogP contribution is -2.06. The summed E-state index contributed by atoms with van der Waals surface area (Å²) in [5.74, 6) is -0.216. The summed E-state index contributed by atoms with van der Waals surface area (Å²) >= 11 is 0. The van der Waals surface area contributed by atoms with Gasteiger partial charge in [0.25, 0.3) is 0 Å². The zero-order chi connectivity index (χ0) is 8.10. The predicted octanol–water partition coefficient (Wildman–Crippen LogP) is 0.891. The summed E-state index contributed by atoms with van der Waals surface area (Å²) in [5, 5.41) is 3.14. The maximum Gasteiger partial charge on any atom is 0.330 e. The molecule has 1 N–H and O–H groups in total. The van der Waals surface area contributed by atoms with Crippen molar-refractivity contribution < 1.29 is 9.53 Å². The molecule has 4 heteroatoms. The molecule has 12 heavy (non-hydrogen) atoms. The fourth-order valence-electron chi connectivity index (χ4n) is 1.06. The highest BCUT2D eigenvalue weighted by Gasteiger charge is 2.07. The van der Waals surface area contributed by atoms with Gasteiger partial charge in [-0.2, -0.15) is 0 Å². The Morgan fingerprint density at radius 2 is 2.50 bits per heavy atom. The Bertz CT molecular complexity index is 172. The average Bonchev–Trinajstić information content (AvgIpc) is 2.40. The largest absolute Gasteiger partial charge is 0.463 e. The summed E-state index contributed by atoms with van der Waals surface area (Å²) in [6.45, 7) is 4.07. The molecule has 1 saturated heterocycles. The predicted molar refractivity (Wildman–Crippen MR) is 49.5 cm³/mol. The van der Waals surface area contributed by atoms with Gasteiger partial charge in [-0.1, -0.05) is 0 Å². The lowest BCUT2D eigenvalue weighted by Gasteiger charge is -1.96. The van der Waals surface area contributed by atoms with E-state index in [4.69, 9.17) is 4.74 Å². The molecule has 3 nitrogen and oxygen atoms in total. The molecule has 0 aromatic rings. The first kappa shape index (κ1) is 11.5. The highest BCUT2D eigenvalue weighted by molar-refractivity contribution is 5.85. The van der Waals surface area contributed by atoms with Crippen LogP contribution in [0.3, 0.4) is 0 Å². The van der Waals surface area contributed by atoms with Gasteiger partial charge in [0, 0.05) is 12.6 Å². The highest BCUT2D eigenvalue weighted by Crippen LogP contribution is 2.05. The molecule has 0 saturated carbocycles. The number of nitrogens with one attached hydrogen (secondary N) is 1. The van der Waals surface area contributed by atoms with Gasteiger partial charge in [-0.25, -0.2) is 4.79 Å². The van der Waals surface area contributed by atoms with Crippen molar-refractivity contribution in [2.24, 2.45) is 0 Å². The van der Waals surface area contributed by atoms with E-state index < -0.39 is 0 Å². The number of rotatable bonds is 2. The van der Waals surface area contributed by atoms with Crippen LogP contribution in [-0.2, 0) is 9.53 Å². The molecule has 0 aromatic heterocycles. The molecule has 0 atom stereocenters. The van der Waals surface area contributed by atoms with Crippen molar-refractivity contribution in [3.8, 4) is 0 Å². The molecule has 0 amide bonds. The normalized spacial score (nSPS) is 18.9. The van der Waals surface area contributed by atoms with Gasteiger partial charge in [0.1, 0.15) is 0 Å². The number of carbonyl (C=O) groups is 1. The Morgan fingerprint density at radius 1 is 1.75 bits per heavy atom. The van der Waals surface area contributed by atoms with Crippen molar-refractivity contribution in [2.75, 3.05) is 19.7 Å². The fraction of sp³-hybridized carbons (Fsp3) is 0.625. The summed E-state index contributed by atoms with van der Waals surface area (Å²) < 4.78 is 4.76. The molecule has 0 aliphatic carbocycles. The molecule has 1 aliphatic rings. The van der Waals surface area contributed by atoms with Gasteiger partial charge >= 0.3 is 5.97 Å². The Morgan fingerprint density at radius 3 is 3.00 bits per heavy atom. The van der Waals surface area contributed by atoms with E-state index in [1.165, 1.54) is 0 Å². The van der Waals surface area contributed by atoms with Crippen LogP contribution in [-0.4, -0.2) is 25.7 Å². The second-order valence-corrected chi connectivity index (χ2v) is 2.48. The third kappa shape index (κ3) is 3.74. The SMILES string of the molecule is CCOC(=O)/C=C1\CCNC1.Cl. The molecule has 1 aliphatic heterocycles. The van der Waals surface area contributed by atoms with Crippen LogP contribution in [0.5, 0.6) is 0 Å². The number of halogens is 1. The number of ether oxygens (including phenoxy) is 1. The fourth-order valence-corrected chi connectivity index (χ4v) is 1.06. The Labute approximate surface area is 78.6 Å². The summed E-state index contributed by atoms with van der Waals surface area (Å²) in [6, 6.07) is 0. The number of hydrogen-bond acceptors (Lipinski definition) is 3. The number of carbonyl (C=O) groups excluding carboxylic acids is 1. The van der Waals surface area contributed by atoms with E-state index >= 15 is 0 Å². The molecule has 1 rings (SSSR count). The van der Waals surface area contributed by atoms with E-state index in [1.54, 1.807) is 6.08 Å². The van der Waals surface area contributed by atoms with E-state index in [2.05, 4.69) is 5.32 Å². The first-order valence-electron chi connectivity index (χ1n) is 3.90. The lowest BCUT2D eigenvalue weighted by atomic mass is 10.2. The molecule has 1 fully saturated rings. The number of hydrogen-bond donors (Lipinski definition) is 1. The zero-order valence-electron chi connectivity index (χ0n) is 7.13. The van der Waals surface area contributed by atoms with Crippen LogP contribution in [0.1, 0.15) is 13.3 Å². The summed E-state index contributed by atoms with van der Waals surface area (Å²) in [6.07, 6.45) is 2.56. The molecule has 1 heterocycles. The highest BCUT2D eigenvalue weighted by atomic mass is 35.5. The molecule has 0 spiro atoms. The van der Waals surface area contributed by atoms with Crippen molar-refractivity contribution in [3.63, 3.8) is 0 Å². The van der Waals surface area contributed by atoms with E-state index in [0.717, 1.165) is 25.1 Å². The van der Waals surface area contributed by atoms with Crippen LogP contribution >= 0.6 is 12.4 Å². The van der Waals surface area contributed by atoms with E-state index in [0.29, 0.717) is 6.61 Å². The van der Waals surface area contributed by atoms with Crippen molar-refractivity contribution in [1.29, 1.82) is 0 Å². The molecular weight excluding hydrogens is 178 g/mol. The first-order valence-corrected chi connectivity index (χ1v) is 3.90. The van der Waals surface area contributed by atoms with E-state index in [1.807, 2.05) is 6.92 Å². The van der Waals surface area contributed by atoms with Crippen LogP contribution in [0.4, 0.5) is 0 Å².